The van der Waals surface area contributed by atoms with Crippen molar-refractivity contribution in [1.82, 2.24) is 14.5 Å². The maximum absolute atomic E-state index is 13.3. The predicted octanol–water partition coefficient (Wildman–Crippen LogP) is 2.23. The first-order chi connectivity index (χ1) is 13.9. The highest BCUT2D eigenvalue weighted by molar-refractivity contribution is 5.99. The standard InChI is InChI=1S/C21H28N4O4/c1-11-5-4-6-16(11)25-19-14(12(2)18(13(3)26)20(25)28)9-22-21(24-19)23-15-7-8-29-10-17(15)27/h9,11,15-17,27H,4-8,10H2,1-3H3,(H,22,23,24)/t11-,15-,16+,17-/m1/s1. The molecule has 0 spiro atoms. The summed E-state index contributed by atoms with van der Waals surface area (Å²) in [6.45, 7) is 6.19. The molecule has 156 valence electrons. The van der Waals surface area contributed by atoms with Crippen molar-refractivity contribution in [2.45, 2.75) is 64.6 Å². The maximum Gasteiger partial charge on any atom is 0.263 e. The van der Waals surface area contributed by atoms with Crippen molar-refractivity contribution in [3.05, 3.63) is 27.7 Å². The molecule has 4 atom stereocenters. The number of fused-ring (bicyclic) bond motifs is 1. The number of pyridine rings is 1. The first kappa shape index (κ1) is 20.0. The second kappa shape index (κ2) is 7.84. The molecule has 8 nitrogen and oxygen atoms in total. The summed E-state index contributed by atoms with van der Waals surface area (Å²) in [4.78, 5) is 34.7. The van der Waals surface area contributed by atoms with Gasteiger partial charge in [0.1, 0.15) is 5.65 Å². The van der Waals surface area contributed by atoms with Crippen LogP contribution >= 0.6 is 0 Å². The van der Waals surface area contributed by atoms with Gasteiger partial charge in [-0.05, 0) is 44.6 Å². The van der Waals surface area contributed by atoms with Gasteiger partial charge in [-0.2, -0.15) is 4.98 Å². The van der Waals surface area contributed by atoms with Gasteiger partial charge in [0, 0.05) is 24.2 Å². The molecule has 1 aliphatic heterocycles. The highest BCUT2D eigenvalue weighted by atomic mass is 16.5. The molecule has 0 amide bonds. The summed E-state index contributed by atoms with van der Waals surface area (Å²) in [5.41, 5.74) is 1.13. The Bertz CT molecular complexity index is 1000. The second-order valence-electron chi connectivity index (χ2n) is 8.32. The van der Waals surface area contributed by atoms with Crippen LogP contribution in [-0.2, 0) is 4.74 Å². The molecule has 1 saturated carbocycles. The molecule has 2 N–H and O–H groups in total. The number of nitrogens with zero attached hydrogens (tertiary/aromatic N) is 3. The van der Waals surface area contributed by atoms with Crippen molar-refractivity contribution in [3.63, 3.8) is 0 Å². The van der Waals surface area contributed by atoms with E-state index in [4.69, 9.17) is 4.74 Å². The van der Waals surface area contributed by atoms with Crippen molar-refractivity contribution in [3.8, 4) is 0 Å². The van der Waals surface area contributed by atoms with Gasteiger partial charge in [-0.1, -0.05) is 13.3 Å². The molecule has 29 heavy (non-hydrogen) atoms. The summed E-state index contributed by atoms with van der Waals surface area (Å²) >= 11 is 0. The Morgan fingerprint density at radius 1 is 1.34 bits per heavy atom. The number of aliphatic hydroxyl groups is 1. The number of carbonyl (C=O) groups is 1. The third kappa shape index (κ3) is 3.55. The minimum atomic E-state index is -0.637. The zero-order chi connectivity index (χ0) is 20.7. The normalized spacial score (nSPS) is 27.3. The number of aliphatic hydroxyl groups excluding tert-OH is 1. The quantitative estimate of drug-likeness (QED) is 0.758. The van der Waals surface area contributed by atoms with Crippen molar-refractivity contribution in [1.29, 1.82) is 0 Å². The van der Waals surface area contributed by atoms with Crippen LogP contribution in [0.25, 0.3) is 11.0 Å². The average Bonchev–Trinajstić information content (AvgIpc) is 3.09. The zero-order valence-corrected chi connectivity index (χ0v) is 17.1. The highest BCUT2D eigenvalue weighted by Gasteiger charge is 2.31. The number of Topliss-reactive ketones (excluding diaryl/α,β-unsaturated/α-hetero) is 1. The number of rotatable bonds is 4. The van der Waals surface area contributed by atoms with Gasteiger partial charge in [0.25, 0.3) is 5.56 Å². The second-order valence-corrected chi connectivity index (χ2v) is 8.32. The molecule has 4 rings (SSSR count). The van der Waals surface area contributed by atoms with E-state index in [2.05, 4.69) is 22.2 Å². The van der Waals surface area contributed by atoms with Crippen LogP contribution in [0.2, 0.25) is 0 Å². The molecule has 8 heteroatoms. The van der Waals surface area contributed by atoms with Crippen LogP contribution in [0.15, 0.2) is 11.0 Å². The van der Waals surface area contributed by atoms with Crippen LogP contribution in [0.1, 0.15) is 61.5 Å². The number of nitrogens with one attached hydrogen (secondary N) is 1. The van der Waals surface area contributed by atoms with Crippen molar-refractivity contribution in [2.24, 2.45) is 5.92 Å². The number of carbonyl (C=O) groups excluding carboxylic acids is 1. The lowest BCUT2D eigenvalue weighted by molar-refractivity contribution is -0.0136. The summed E-state index contributed by atoms with van der Waals surface area (Å²) in [7, 11) is 0. The van der Waals surface area contributed by atoms with Gasteiger partial charge in [-0.3, -0.25) is 14.2 Å². The van der Waals surface area contributed by atoms with Crippen LogP contribution in [0, 0.1) is 12.8 Å². The summed E-state index contributed by atoms with van der Waals surface area (Å²) in [6, 6.07) is -0.190. The molecule has 0 aromatic carbocycles. The Kier molecular flexibility index (Phi) is 5.40. The van der Waals surface area contributed by atoms with E-state index < -0.39 is 6.10 Å². The van der Waals surface area contributed by atoms with E-state index in [0.717, 1.165) is 19.3 Å². The fourth-order valence-corrected chi connectivity index (χ4v) is 4.69. The summed E-state index contributed by atoms with van der Waals surface area (Å²) in [5.74, 6) is 0.473. The van der Waals surface area contributed by atoms with E-state index in [0.29, 0.717) is 41.5 Å². The van der Waals surface area contributed by atoms with Gasteiger partial charge in [0.15, 0.2) is 5.78 Å². The molecule has 0 unspecified atom stereocenters. The lowest BCUT2D eigenvalue weighted by Crippen LogP contribution is -2.42. The molecule has 0 radical (unpaired) electrons. The summed E-state index contributed by atoms with van der Waals surface area (Å²) in [6.07, 6.45) is 4.68. The van der Waals surface area contributed by atoms with Gasteiger partial charge in [0.05, 0.1) is 24.3 Å². The van der Waals surface area contributed by atoms with Gasteiger partial charge in [-0.25, -0.2) is 4.98 Å². The van der Waals surface area contributed by atoms with E-state index in [9.17, 15) is 14.7 Å². The molecule has 1 aliphatic carbocycles. The average molecular weight is 400 g/mol. The van der Waals surface area contributed by atoms with Gasteiger partial charge in [-0.15, -0.1) is 0 Å². The molecule has 3 heterocycles. The number of hydrogen-bond donors (Lipinski definition) is 2. The number of aromatic nitrogens is 3. The van der Waals surface area contributed by atoms with Gasteiger partial charge < -0.3 is 15.2 Å². The van der Waals surface area contributed by atoms with Crippen LogP contribution in [0.3, 0.4) is 0 Å². The Balaban J connectivity index is 1.86. The first-order valence-corrected chi connectivity index (χ1v) is 10.3. The fraction of sp³-hybridized carbons (Fsp3) is 0.619. The molecular formula is C21H28N4O4. The first-order valence-electron chi connectivity index (χ1n) is 10.3. The van der Waals surface area contributed by atoms with Crippen LogP contribution in [-0.4, -0.2) is 50.8 Å². The third-order valence-corrected chi connectivity index (χ3v) is 6.35. The van der Waals surface area contributed by atoms with Crippen molar-refractivity contribution < 1.29 is 14.6 Å². The number of anilines is 1. The molecule has 1 saturated heterocycles. The Hall–Kier alpha value is -2.32. The van der Waals surface area contributed by atoms with E-state index in [1.165, 1.54) is 6.92 Å². The van der Waals surface area contributed by atoms with E-state index in [1.807, 2.05) is 0 Å². The highest BCUT2D eigenvalue weighted by Crippen LogP contribution is 2.36. The van der Waals surface area contributed by atoms with Crippen molar-refractivity contribution in [2.75, 3.05) is 18.5 Å². The molecule has 2 fully saturated rings. The van der Waals surface area contributed by atoms with Crippen molar-refractivity contribution >= 4 is 22.8 Å². The SMILES string of the molecule is CC(=O)c1c(C)c2cnc(N[C@@H]3CCOC[C@H]3O)nc2n([C@H]2CCC[C@H]2C)c1=O. The monoisotopic (exact) mass is 400 g/mol. The molecular weight excluding hydrogens is 372 g/mol. The molecule has 2 aliphatic rings. The van der Waals surface area contributed by atoms with Crippen LogP contribution < -0.4 is 10.9 Å². The van der Waals surface area contributed by atoms with Crippen LogP contribution in [0.5, 0.6) is 0 Å². The van der Waals surface area contributed by atoms with E-state index >= 15 is 0 Å². The smallest absolute Gasteiger partial charge is 0.263 e. The van der Waals surface area contributed by atoms with E-state index in [-0.39, 0.29) is 35.6 Å². The van der Waals surface area contributed by atoms with Crippen LogP contribution in [0.4, 0.5) is 5.95 Å². The molecule has 2 aromatic rings. The van der Waals surface area contributed by atoms with E-state index in [1.54, 1.807) is 17.7 Å². The maximum atomic E-state index is 13.3. The Morgan fingerprint density at radius 2 is 2.14 bits per heavy atom. The largest absolute Gasteiger partial charge is 0.389 e. The Labute approximate surface area is 169 Å². The molecule has 0 bridgehead atoms. The number of ether oxygens (including phenoxy) is 1. The van der Waals surface area contributed by atoms with Gasteiger partial charge >= 0.3 is 0 Å². The predicted molar refractivity (Wildman–Crippen MR) is 109 cm³/mol. The zero-order valence-electron chi connectivity index (χ0n) is 17.1. The number of aryl methyl sites for hydroxylation is 1. The minimum absolute atomic E-state index is 0.0140. The lowest BCUT2D eigenvalue weighted by atomic mass is 10.0. The Morgan fingerprint density at radius 3 is 2.79 bits per heavy atom. The third-order valence-electron chi connectivity index (χ3n) is 6.35. The fourth-order valence-electron chi connectivity index (χ4n) is 4.69. The topological polar surface area (TPSA) is 106 Å². The number of hydrogen-bond acceptors (Lipinski definition) is 7. The minimum Gasteiger partial charge on any atom is -0.389 e. The summed E-state index contributed by atoms with van der Waals surface area (Å²) in [5, 5.41) is 14.1. The lowest BCUT2D eigenvalue weighted by Gasteiger charge is -2.28. The number of ketones is 1. The molecule has 2 aromatic heterocycles. The van der Waals surface area contributed by atoms with Gasteiger partial charge in [0.2, 0.25) is 5.95 Å². The summed E-state index contributed by atoms with van der Waals surface area (Å²) < 4.78 is 6.99.